The molecule has 1 aromatic carbocycles. The summed E-state index contributed by atoms with van der Waals surface area (Å²) in [6.45, 7) is 8.52. The maximum absolute atomic E-state index is 5.68. The lowest BCUT2D eigenvalue weighted by atomic mass is 10.1. The van der Waals surface area contributed by atoms with Crippen molar-refractivity contribution in [2.24, 2.45) is 4.99 Å². The van der Waals surface area contributed by atoms with Gasteiger partial charge < -0.3 is 15.4 Å². The summed E-state index contributed by atoms with van der Waals surface area (Å²) >= 11 is 1.73. The number of hydrogen-bond acceptors (Lipinski definition) is 4. The second kappa shape index (κ2) is 12.1. The third kappa shape index (κ3) is 7.49. The van der Waals surface area contributed by atoms with Crippen LogP contribution in [0.2, 0.25) is 0 Å². The molecule has 0 amide bonds. The van der Waals surface area contributed by atoms with E-state index in [1.165, 1.54) is 10.4 Å². The molecular formula is C19H29IN4OS. The summed E-state index contributed by atoms with van der Waals surface area (Å²) in [5, 5.41) is 7.74. The quantitative estimate of drug-likeness (QED) is 0.334. The van der Waals surface area contributed by atoms with E-state index in [1.54, 1.807) is 18.4 Å². The van der Waals surface area contributed by atoms with Gasteiger partial charge >= 0.3 is 0 Å². The maximum Gasteiger partial charge on any atom is 0.191 e. The smallest absolute Gasteiger partial charge is 0.191 e. The van der Waals surface area contributed by atoms with Gasteiger partial charge in [-0.25, -0.2) is 4.98 Å². The Hall–Kier alpha value is -1.35. The van der Waals surface area contributed by atoms with E-state index in [-0.39, 0.29) is 24.0 Å². The van der Waals surface area contributed by atoms with E-state index in [9.17, 15) is 0 Å². The molecule has 0 aliphatic rings. The highest BCUT2D eigenvalue weighted by molar-refractivity contribution is 14.0. The Morgan fingerprint density at radius 1 is 1.27 bits per heavy atom. The van der Waals surface area contributed by atoms with Gasteiger partial charge in [0.1, 0.15) is 10.8 Å². The Balaban J connectivity index is 0.00000338. The van der Waals surface area contributed by atoms with Crippen LogP contribution in [-0.2, 0) is 13.0 Å². The van der Waals surface area contributed by atoms with Crippen LogP contribution in [-0.4, -0.2) is 31.1 Å². The van der Waals surface area contributed by atoms with Gasteiger partial charge in [0.05, 0.1) is 18.8 Å². The highest BCUT2D eigenvalue weighted by Gasteiger charge is 2.05. The lowest BCUT2D eigenvalue weighted by Gasteiger charge is -2.11. The number of guanidine groups is 1. The lowest BCUT2D eigenvalue weighted by molar-refractivity contribution is 0.317. The molecule has 0 bridgehead atoms. The van der Waals surface area contributed by atoms with Crippen molar-refractivity contribution in [2.45, 2.75) is 40.2 Å². The average molecular weight is 488 g/mol. The van der Waals surface area contributed by atoms with Crippen LogP contribution in [0.3, 0.4) is 0 Å². The molecule has 5 nitrogen and oxygen atoms in total. The van der Waals surface area contributed by atoms with Crippen molar-refractivity contribution in [2.75, 3.05) is 20.2 Å². The Morgan fingerprint density at radius 3 is 2.73 bits per heavy atom. The van der Waals surface area contributed by atoms with Crippen molar-refractivity contribution in [1.82, 2.24) is 15.6 Å². The molecule has 0 saturated heterocycles. The Kier molecular flexibility index (Phi) is 10.6. The van der Waals surface area contributed by atoms with Crippen LogP contribution in [0.4, 0.5) is 0 Å². The molecule has 2 N–H and O–H groups in total. The van der Waals surface area contributed by atoms with Crippen LogP contribution in [0.15, 0.2) is 29.3 Å². The number of rotatable bonds is 8. The fourth-order valence-electron chi connectivity index (χ4n) is 2.33. The highest BCUT2D eigenvalue weighted by Crippen LogP contribution is 2.16. The van der Waals surface area contributed by atoms with Gasteiger partial charge in [-0.15, -0.1) is 35.3 Å². The second-order valence-electron chi connectivity index (χ2n) is 5.85. The molecule has 0 saturated carbocycles. The molecule has 1 aromatic heterocycles. The predicted octanol–water partition coefficient (Wildman–Crippen LogP) is 4.07. The van der Waals surface area contributed by atoms with Gasteiger partial charge in [0.25, 0.3) is 0 Å². The third-order valence-electron chi connectivity index (χ3n) is 3.78. The molecule has 2 rings (SSSR count). The molecule has 144 valence electrons. The first-order chi connectivity index (χ1) is 12.1. The van der Waals surface area contributed by atoms with Gasteiger partial charge in [-0.2, -0.15) is 0 Å². The first-order valence-corrected chi connectivity index (χ1v) is 9.53. The minimum Gasteiger partial charge on any atom is -0.494 e. The molecule has 2 aromatic rings. The zero-order valence-electron chi connectivity index (χ0n) is 16.0. The van der Waals surface area contributed by atoms with E-state index in [0.717, 1.165) is 48.4 Å². The minimum atomic E-state index is 0. The monoisotopic (exact) mass is 488 g/mol. The van der Waals surface area contributed by atoms with Crippen LogP contribution in [0, 0.1) is 13.8 Å². The van der Waals surface area contributed by atoms with Gasteiger partial charge in [0.15, 0.2) is 5.96 Å². The zero-order valence-corrected chi connectivity index (χ0v) is 19.1. The molecule has 0 spiro atoms. The van der Waals surface area contributed by atoms with Crippen LogP contribution < -0.4 is 15.4 Å². The Morgan fingerprint density at radius 2 is 2.08 bits per heavy atom. The normalized spacial score (nSPS) is 11.0. The minimum absolute atomic E-state index is 0. The number of ether oxygens (including phenoxy) is 1. The van der Waals surface area contributed by atoms with Crippen LogP contribution in [0.25, 0.3) is 0 Å². The molecule has 1 heterocycles. The zero-order chi connectivity index (χ0) is 18.1. The van der Waals surface area contributed by atoms with Gasteiger partial charge in [-0.1, -0.05) is 19.1 Å². The van der Waals surface area contributed by atoms with Crippen molar-refractivity contribution in [1.29, 1.82) is 0 Å². The standard InChI is InChI=1S/C19H28N4OS.HI/c1-5-11-24-17-8-6-7-16(12-17)9-10-21-19(20-4)22-13-18-23-14(2)15(3)25-18;/h6-8,12H,5,9-11,13H2,1-4H3,(H2,20,21,22);1H. The van der Waals surface area contributed by atoms with Crippen LogP contribution in [0.5, 0.6) is 5.75 Å². The summed E-state index contributed by atoms with van der Waals surface area (Å²) in [6, 6.07) is 8.28. The van der Waals surface area contributed by atoms with Crippen molar-refractivity contribution < 1.29 is 4.74 Å². The third-order valence-corrected chi connectivity index (χ3v) is 4.85. The van der Waals surface area contributed by atoms with Crippen LogP contribution >= 0.6 is 35.3 Å². The summed E-state index contributed by atoms with van der Waals surface area (Å²) in [4.78, 5) is 10.1. The number of thiazole rings is 1. The van der Waals surface area contributed by atoms with Crippen molar-refractivity contribution in [3.05, 3.63) is 45.4 Å². The number of aromatic nitrogens is 1. The van der Waals surface area contributed by atoms with Crippen LogP contribution in [0.1, 0.15) is 34.5 Å². The summed E-state index contributed by atoms with van der Waals surface area (Å²) in [7, 11) is 1.78. The number of halogens is 1. The SMILES string of the molecule is CCCOc1cccc(CCNC(=NC)NCc2nc(C)c(C)s2)c1.I. The maximum atomic E-state index is 5.68. The number of aliphatic imine (C=N–C) groups is 1. The number of nitrogens with one attached hydrogen (secondary N) is 2. The summed E-state index contributed by atoms with van der Waals surface area (Å²) in [5.74, 6) is 1.74. The Labute approximate surface area is 177 Å². The van der Waals surface area contributed by atoms with Gasteiger partial charge in [0.2, 0.25) is 0 Å². The summed E-state index contributed by atoms with van der Waals surface area (Å²) in [5.41, 5.74) is 2.36. The fourth-order valence-corrected chi connectivity index (χ4v) is 3.20. The number of nitrogens with zero attached hydrogens (tertiary/aromatic N) is 2. The molecule has 0 aliphatic heterocycles. The van der Waals surface area contributed by atoms with E-state index < -0.39 is 0 Å². The van der Waals surface area contributed by atoms with Crippen molar-refractivity contribution in [3.63, 3.8) is 0 Å². The summed E-state index contributed by atoms with van der Waals surface area (Å²) in [6.07, 6.45) is 1.94. The topological polar surface area (TPSA) is 58.5 Å². The van der Waals surface area contributed by atoms with E-state index in [2.05, 4.69) is 46.6 Å². The van der Waals surface area contributed by atoms with E-state index in [1.807, 2.05) is 19.1 Å². The van der Waals surface area contributed by atoms with Crippen molar-refractivity contribution in [3.8, 4) is 5.75 Å². The fraction of sp³-hybridized carbons (Fsp3) is 0.474. The average Bonchev–Trinajstić information content (AvgIpc) is 2.94. The van der Waals surface area contributed by atoms with Crippen molar-refractivity contribution >= 4 is 41.3 Å². The molecular weight excluding hydrogens is 459 g/mol. The van der Waals surface area contributed by atoms with Gasteiger partial charge in [0, 0.05) is 18.5 Å². The van der Waals surface area contributed by atoms with E-state index >= 15 is 0 Å². The molecule has 0 radical (unpaired) electrons. The molecule has 26 heavy (non-hydrogen) atoms. The van der Waals surface area contributed by atoms with Gasteiger partial charge in [-0.3, -0.25) is 4.99 Å². The summed E-state index contributed by atoms with van der Waals surface area (Å²) < 4.78 is 5.68. The van der Waals surface area contributed by atoms with Gasteiger partial charge in [-0.05, 0) is 44.4 Å². The largest absolute Gasteiger partial charge is 0.494 e. The predicted molar refractivity (Wildman–Crippen MR) is 121 cm³/mol. The second-order valence-corrected chi connectivity index (χ2v) is 7.14. The molecule has 0 unspecified atom stereocenters. The molecule has 7 heteroatoms. The first kappa shape index (κ1) is 22.7. The number of hydrogen-bond donors (Lipinski definition) is 2. The van der Waals surface area contributed by atoms with E-state index in [4.69, 9.17) is 4.74 Å². The van der Waals surface area contributed by atoms with E-state index in [0.29, 0.717) is 6.54 Å². The highest BCUT2D eigenvalue weighted by atomic mass is 127. The molecule has 0 atom stereocenters. The Bertz CT molecular complexity index is 683. The number of aryl methyl sites for hydroxylation is 2. The lowest BCUT2D eigenvalue weighted by Crippen LogP contribution is -2.37. The number of benzene rings is 1. The first-order valence-electron chi connectivity index (χ1n) is 8.71. The molecule has 0 fully saturated rings. The molecule has 0 aliphatic carbocycles.